The molecule has 0 saturated carbocycles. The van der Waals surface area contributed by atoms with Gasteiger partial charge >= 0.3 is 12.4 Å². The molecule has 2 N–H and O–H groups in total. The quantitative estimate of drug-likeness (QED) is 0.459. The number of aromatic nitrogens is 3. The molecule has 1 atom stereocenters. The highest BCUT2D eigenvalue weighted by atomic mass is 35.5. The number of amides is 1. The number of nitrogens with zero attached hydrogens (tertiary/aromatic N) is 5. The number of imidazole rings is 1. The Morgan fingerprint density at radius 3 is 2.44 bits per heavy atom. The van der Waals surface area contributed by atoms with Gasteiger partial charge in [-0.25, -0.2) is 0 Å². The number of carbonyl (C=O) groups excluding carboxylic acids is 1. The third-order valence-corrected chi connectivity index (χ3v) is 5.49. The molecule has 10 nitrogen and oxygen atoms in total. The fraction of sp³-hybridized carbons (Fsp3) is 0.318. The van der Waals surface area contributed by atoms with Crippen molar-refractivity contribution in [2.45, 2.75) is 25.7 Å². The first-order valence-corrected chi connectivity index (χ1v) is 11.0. The number of carbonyl (C=O) groups is 1. The second-order valence-electron chi connectivity index (χ2n) is 7.77. The molecule has 1 unspecified atom stereocenters. The smallest absolute Gasteiger partial charge is 0.425 e. The van der Waals surface area contributed by atoms with Gasteiger partial charge in [0.2, 0.25) is 6.35 Å². The molecule has 14 heteroatoms. The summed E-state index contributed by atoms with van der Waals surface area (Å²) >= 11 is 5.92. The zero-order chi connectivity index (χ0) is 26.0. The Kier molecular flexibility index (Phi) is 7.24. The minimum Gasteiger partial charge on any atom is -0.425 e. The average Bonchev–Trinajstić information content (AvgIpc) is 3.17. The van der Waals surface area contributed by atoms with E-state index in [-0.39, 0.29) is 49.4 Å². The summed E-state index contributed by atoms with van der Waals surface area (Å²) in [7, 11) is 1.53. The molecule has 36 heavy (non-hydrogen) atoms. The van der Waals surface area contributed by atoms with Crippen LogP contribution in [0.25, 0.3) is 0 Å². The predicted octanol–water partition coefficient (Wildman–Crippen LogP) is 3.22. The van der Waals surface area contributed by atoms with Crippen LogP contribution >= 0.6 is 11.6 Å². The van der Waals surface area contributed by atoms with Crippen molar-refractivity contribution in [2.24, 2.45) is 0 Å². The van der Waals surface area contributed by atoms with E-state index in [0.29, 0.717) is 10.7 Å². The Morgan fingerprint density at radius 2 is 1.83 bits per heavy atom. The summed E-state index contributed by atoms with van der Waals surface area (Å²) < 4.78 is 48.5. The molecule has 0 fully saturated rings. The van der Waals surface area contributed by atoms with Gasteiger partial charge in [0.15, 0.2) is 11.5 Å². The van der Waals surface area contributed by atoms with Gasteiger partial charge in [-0.1, -0.05) is 11.6 Å². The van der Waals surface area contributed by atoms with Crippen LogP contribution < -0.4 is 14.4 Å². The van der Waals surface area contributed by atoms with Gasteiger partial charge in [-0.05, 0) is 42.8 Å². The lowest BCUT2D eigenvalue weighted by Gasteiger charge is -2.38. The topological polar surface area (TPSA) is 113 Å². The van der Waals surface area contributed by atoms with Crippen LogP contribution in [0.3, 0.4) is 0 Å². The van der Waals surface area contributed by atoms with Crippen LogP contribution in [-0.2, 0) is 6.54 Å². The Hall–Kier alpha value is -3.55. The Morgan fingerprint density at radius 1 is 1.14 bits per heavy atom. The zero-order valence-corrected chi connectivity index (χ0v) is 19.6. The van der Waals surface area contributed by atoms with Gasteiger partial charge in [0.05, 0.1) is 17.3 Å². The summed E-state index contributed by atoms with van der Waals surface area (Å²) in [6.45, 7) is -0.0570. The lowest BCUT2D eigenvalue weighted by Crippen LogP contribution is -2.54. The van der Waals surface area contributed by atoms with Gasteiger partial charge in [-0.15, -0.1) is 13.2 Å². The number of pyridine rings is 1. The van der Waals surface area contributed by atoms with Crippen molar-refractivity contribution in [3.8, 4) is 17.5 Å². The third kappa shape index (κ3) is 5.48. The summed E-state index contributed by atoms with van der Waals surface area (Å²) in [6.07, 6.45) is -4.49. The molecule has 1 aliphatic heterocycles. The molecule has 0 bridgehead atoms. The van der Waals surface area contributed by atoms with Crippen LogP contribution in [0.1, 0.15) is 22.6 Å². The van der Waals surface area contributed by atoms with Gasteiger partial charge in [0.25, 0.3) is 5.91 Å². The Balaban J connectivity index is 1.72. The number of aliphatic hydroxyl groups is 2. The maximum Gasteiger partial charge on any atom is 0.573 e. The van der Waals surface area contributed by atoms with E-state index in [4.69, 9.17) is 16.3 Å². The Bertz CT molecular complexity index is 1220. The predicted molar refractivity (Wildman–Crippen MR) is 121 cm³/mol. The summed E-state index contributed by atoms with van der Waals surface area (Å²) in [5.41, 5.74) is 0.617. The molecule has 0 saturated heterocycles. The number of aliphatic hydroxyl groups excluding tert-OH is 2. The average molecular weight is 528 g/mol. The molecule has 0 radical (unpaired) electrons. The second-order valence-corrected chi connectivity index (χ2v) is 8.21. The van der Waals surface area contributed by atoms with Crippen molar-refractivity contribution in [3.63, 3.8) is 0 Å². The van der Waals surface area contributed by atoms with Gasteiger partial charge < -0.3 is 24.6 Å². The highest BCUT2D eigenvalue weighted by molar-refractivity contribution is 6.30. The standard InChI is InChI=1S/C22H21ClF3N5O5/c1-29-18-17(19(33)30(21(29)34)9-2-10-32)31(12-14-4-3-13(23)11-27-14)20(28-18)35-15-5-7-16(8-6-15)36-22(24,25)26/h3-8,11,21,32,34H,2,9-10,12H2,1H3. The van der Waals surface area contributed by atoms with Crippen LogP contribution in [0.15, 0.2) is 42.6 Å². The first-order valence-electron chi connectivity index (χ1n) is 10.6. The molecular formula is C22H21ClF3N5O5. The van der Waals surface area contributed by atoms with Crippen molar-refractivity contribution in [3.05, 3.63) is 59.0 Å². The van der Waals surface area contributed by atoms with Crippen LogP contribution in [0.4, 0.5) is 19.0 Å². The number of rotatable bonds is 8. The lowest BCUT2D eigenvalue weighted by molar-refractivity contribution is -0.274. The largest absolute Gasteiger partial charge is 0.573 e. The molecule has 1 amide bonds. The molecule has 0 spiro atoms. The SMILES string of the molecule is CN1c2nc(Oc3ccc(OC(F)(F)F)cc3)n(Cc3ccc(Cl)cn3)c2C(=O)N(CCCO)C1O. The highest BCUT2D eigenvalue weighted by Gasteiger charge is 2.40. The minimum absolute atomic E-state index is 0.0353. The van der Waals surface area contributed by atoms with Crippen LogP contribution in [-0.4, -0.2) is 68.5 Å². The number of halogens is 4. The van der Waals surface area contributed by atoms with Crippen molar-refractivity contribution >= 4 is 23.3 Å². The number of hydrogen-bond donors (Lipinski definition) is 2. The maximum atomic E-state index is 13.4. The van der Waals surface area contributed by atoms with Crippen molar-refractivity contribution in [1.29, 1.82) is 0 Å². The zero-order valence-electron chi connectivity index (χ0n) is 18.8. The molecule has 1 aromatic carbocycles. The van der Waals surface area contributed by atoms with E-state index < -0.39 is 24.4 Å². The summed E-state index contributed by atoms with van der Waals surface area (Å²) in [4.78, 5) is 24.5. The van der Waals surface area contributed by atoms with Gasteiger partial charge in [0, 0.05) is 26.4 Å². The van der Waals surface area contributed by atoms with Crippen molar-refractivity contribution < 1.29 is 37.7 Å². The number of fused-ring (bicyclic) bond motifs is 1. The second kappa shape index (κ2) is 10.2. The number of anilines is 1. The molecule has 2 aromatic heterocycles. The summed E-state index contributed by atoms with van der Waals surface area (Å²) in [5, 5.41) is 20.2. The Labute approximate surface area is 208 Å². The minimum atomic E-state index is -4.84. The van der Waals surface area contributed by atoms with E-state index in [2.05, 4.69) is 14.7 Å². The molecule has 0 aliphatic carbocycles. The summed E-state index contributed by atoms with van der Waals surface area (Å²) in [6, 6.07) is 7.89. The lowest BCUT2D eigenvalue weighted by atomic mass is 10.2. The molecular weight excluding hydrogens is 507 g/mol. The van der Waals surface area contributed by atoms with E-state index in [1.54, 1.807) is 12.1 Å². The third-order valence-electron chi connectivity index (χ3n) is 5.27. The fourth-order valence-electron chi connectivity index (χ4n) is 3.60. The van der Waals surface area contributed by atoms with E-state index in [9.17, 15) is 28.2 Å². The number of hydrogen-bond acceptors (Lipinski definition) is 8. The van der Waals surface area contributed by atoms with Crippen molar-refractivity contribution in [2.75, 3.05) is 25.1 Å². The van der Waals surface area contributed by atoms with E-state index >= 15 is 0 Å². The highest BCUT2D eigenvalue weighted by Crippen LogP contribution is 2.35. The summed E-state index contributed by atoms with van der Waals surface area (Å²) in [5.74, 6) is -0.714. The van der Waals surface area contributed by atoms with Crippen LogP contribution in [0.5, 0.6) is 17.5 Å². The number of alkyl halides is 3. The van der Waals surface area contributed by atoms with Crippen LogP contribution in [0.2, 0.25) is 5.02 Å². The van der Waals surface area contributed by atoms with Gasteiger partial charge in [-0.3, -0.25) is 19.2 Å². The monoisotopic (exact) mass is 527 g/mol. The van der Waals surface area contributed by atoms with E-state index in [1.807, 2.05) is 0 Å². The van der Waals surface area contributed by atoms with E-state index in [1.165, 1.54) is 39.7 Å². The molecule has 1 aliphatic rings. The number of benzene rings is 1. The number of ether oxygens (including phenoxy) is 2. The first kappa shape index (κ1) is 25.5. The normalized spacial score (nSPS) is 15.8. The van der Waals surface area contributed by atoms with Crippen molar-refractivity contribution in [1.82, 2.24) is 19.4 Å². The van der Waals surface area contributed by atoms with Gasteiger partial charge in [0.1, 0.15) is 11.5 Å². The molecule has 3 aromatic rings. The molecule has 3 heterocycles. The van der Waals surface area contributed by atoms with Gasteiger partial charge in [-0.2, -0.15) is 4.98 Å². The fourth-order valence-corrected chi connectivity index (χ4v) is 3.71. The van der Waals surface area contributed by atoms with Crippen LogP contribution in [0, 0.1) is 0 Å². The maximum absolute atomic E-state index is 13.4. The molecule has 192 valence electrons. The first-order chi connectivity index (χ1) is 17.1. The van der Waals surface area contributed by atoms with E-state index in [0.717, 1.165) is 12.1 Å². The molecule has 4 rings (SSSR count).